The lowest BCUT2D eigenvalue weighted by Crippen LogP contribution is -2.36. The van der Waals surface area contributed by atoms with Crippen molar-refractivity contribution in [3.63, 3.8) is 0 Å². The summed E-state index contributed by atoms with van der Waals surface area (Å²) in [5, 5.41) is 2.75. The van der Waals surface area contributed by atoms with Gasteiger partial charge in [0.2, 0.25) is 0 Å². The summed E-state index contributed by atoms with van der Waals surface area (Å²) in [4.78, 5) is 11.4. The van der Waals surface area contributed by atoms with E-state index in [0.717, 1.165) is 17.5 Å². The Labute approximate surface area is 147 Å². The molecule has 2 aromatic rings. The van der Waals surface area contributed by atoms with E-state index in [1.54, 1.807) is 6.07 Å². The van der Waals surface area contributed by atoms with Gasteiger partial charge >= 0.3 is 6.09 Å². The highest BCUT2D eigenvalue weighted by atomic mass is 19.1. The highest BCUT2D eigenvalue weighted by Gasteiger charge is 2.28. The Bertz CT molecular complexity index is 763. The van der Waals surface area contributed by atoms with Gasteiger partial charge in [-0.1, -0.05) is 30.3 Å². The van der Waals surface area contributed by atoms with Crippen LogP contribution in [0.3, 0.4) is 0 Å². The molecule has 0 bridgehead atoms. The molecule has 1 amide bonds. The van der Waals surface area contributed by atoms with Gasteiger partial charge in [0.05, 0.1) is 7.11 Å². The first-order chi connectivity index (χ1) is 12.1. The third kappa shape index (κ3) is 3.82. The Kier molecular flexibility index (Phi) is 5.34. The third-order valence-electron chi connectivity index (χ3n) is 5.01. The Morgan fingerprint density at radius 2 is 2.08 bits per heavy atom. The molecule has 2 atom stereocenters. The first-order valence-electron chi connectivity index (χ1n) is 8.49. The highest BCUT2D eigenvalue weighted by Crippen LogP contribution is 2.36. The zero-order valence-corrected chi connectivity index (χ0v) is 14.3. The molecule has 3 N–H and O–H groups in total. The van der Waals surface area contributed by atoms with Gasteiger partial charge < -0.3 is 15.8 Å². The van der Waals surface area contributed by atoms with Gasteiger partial charge in [-0.05, 0) is 65.6 Å². The number of rotatable bonds is 4. The summed E-state index contributed by atoms with van der Waals surface area (Å²) in [5.41, 5.74) is 10.6. The molecule has 0 heterocycles. The minimum Gasteiger partial charge on any atom is -0.453 e. The molecule has 4 nitrogen and oxygen atoms in total. The number of carbonyl (C=O) groups is 1. The predicted octanol–water partition coefficient (Wildman–Crippen LogP) is 2.99. The molecule has 2 aromatic carbocycles. The molecule has 0 fully saturated rings. The van der Waals surface area contributed by atoms with Crippen molar-refractivity contribution >= 4 is 6.09 Å². The maximum atomic E-state index is 13.8. The zero-order valence-electron chi connectivity index (χ0n) is 14.3. The van der Waals surface area contributed by atoms with Crippen LogP contribution in [0.1, 0.15) is 28.2 Å². The molecule has 0 radical (unpaired) electrons. The molecule has 1 aliphatic rings. The van der Waals surface area contributed by atoms with E-state index >= 15 is 0 Å². The Morgan fingerprint density at radius 1 is 1.28 bits per heavy atom. The summed E-state index contributed by atoms with van der Waals surface area (Å²) in [6.45, 7) is 0.848. The fourth-order valence-corrected chi connectivity index (χ4v) is 3.66. The molecule has 2 unspecified atom stereocenters. The number of ether oxygens (including phenoxy) is 1. The number of methoxy groups -OCH3 is 1. The topological polar surface area (TPSA) is 64.3 Å². The Morgan fingerprint density at radius 3 is 2.84 bits per heavy atom. The first-order valence-corrected chi connectivity index (χ1v) is 8.49. The minimum absolute atomic E-state index is 0.0365. The second-order valence-corrected chi connectivity index (χ2v) is 6.47. The second kappa shape index (κ2) is 7.66. The van der Waals surface area contributed by atoms with Crippen LogP contribution in [0.15, 0.2) is 42.5 Å². The minimum atomic E-state index is -0.466. The fourth-order valence-electron chi connectivity index (χ4n) is 3.66. The number of fused-ring (bicyclic) bond motifs is 2. The normalized spacial score (nSPS) is 17.0. The van der Waals surface area contributed by atoms with Crippen LogP contribution in [0.2, 0.25) is 0 Å². The number of alkyl carbamates (subject to hydrolysis) is 1. The molecule has 0 saturated heterocycles. The van der Waals surface area contributed by atoms with E-state index < -0.39 is 6.09 Å². The van der Waals surface area contributed by atoms with E-state index in [0.29, 0.717) is 19.5 Å². The first kappa shape index (κ1) is 17.4. The number of halogens is 1. The maximum absolute atomic E-state index is 13.8. The number of nitrogens with one attached hydrogen (secondary N) is 1. The molecular weight excluding hydrogens is 319 g/mol. The number of hydrogen-bond donors (Lipinski definition) is 2. The van der Waals surface area contributed by atoms with Gasteiger partial charge in [-0.3, -0.25) is 0 Å². The van der Waals surface area contributed by atoms with Crippen LogP contribution in [0.4, 0.5) is 9.18 Å². The number of benzene rings is 2. The van der Waals surface area contributed by atoms with Crippen molar-refractivity contribution in [2.75, 3.05) is 20.2 Å². The quantitative estimate of drug-likeness (QED) is 0.898. The van der Waals surface area contributed by atoms with E-state index in [1.165, 1.54) is 24.3 Å². The smallest absolute Gasteiger partial charge is 0.406 e. The van der Waals surface area contributed by atoms with Crippen LogP contribution in [0, 0.1) is 11.7 Å². The monoisotopic (exact) mass is 342 g/mol. The average Bonchev–Trinajstić information content (AvgIpc) is 2.78. The summed E-state index contributed by atoms with van der Waals surface area (Å²) in [7, 11) is 1.34. The lowest BCUT2D eigenvalue weighted by atomic mass is 9.81. The Hall–Kier alpha value is -2.40. The molecule has 5 heteroatoms. The van der Waals surface area contributed by atoms with Crippen molar-refractivity contribution in [3.8, 4) is 0 Å². The van der Waals surface area contributed by atoms with Gasteiger partial charge in [0.1, 0.15) is 5.82 Å². The number of amides is 1. The van der Waals surface area contributed by atoms with E-state index in [4.69, 9.17) is 5.73 Å². The fraction of sp³-hybridized carbons (Fsp3) is 0.350. The highest BCUT2D eigenvalue weighted by molar-refractivity contribution is 5.66. The zero-order chi connectivity index (χ0) is 17.8. The van der Waals surface area contributed by atoms with Gasteiger partial charge in [0, 0.05) is 6.54 Å². The van der Waals surface area contributed by atoms with Crippen molar-refractivity contribution in [3.05, 3.63) is 70.5 Å². The number of carbonyl (C=O) groups excluding carboxylic acids is 1. The largest absolute Gasteiger partial charge is 0.453 e. The molecular formula is C20H23FN2O2. The summed E-state index contributed by atoms with van der Waals surface area (Å²) in [6, 6.07) is 13.3. The lowest BCUT2D eigenvalue weighted by Gasteiger charge is -2.27. The maximum Gasteiger partial charge on any atom is 0.406 e. The van der Waals surface area contributed by atoms with E-state index in [9.17, 15) is 9.18 Å². The van der Waals surface area contributed by atoms with Crippen LogP contribution in [0.25, 0.3) is 0 Å². The van der Waals surface area contributed by atoms with Gasteiger partial charge in [-0.25, -0.2) is 9.18 Å². The van der Waals surface area contributed by atoms with Crippen molar-refractivity contribution in [1.29, 1.82) is 0 Å². The third-order valence-corrected chi connectivity index (χ3v) is 5.01. The van der Waals surface area contributed by atoms with E-state index in [2.05, 4.69) is 22.2 Å². The van der Waals surface area contributed by atoms with E-state index in [-0.39, 0.29) is 17.7 Å². The molecule has 0 spiro atoms. The van der Waals surface area contributed by atoms with Crippen molar-refractivity contribution in [2.24, 2.45) is 11.7 Å². The SMILES string of the molecule is COC(=O)NCC(CN)C1Cc2cc(F)ccc2Cc2ccccc21. The molecule has 1 aliphatic carbocycles. The van der Waals surface area contributed by atoms with Gasteiger partial charge in [-0.15, -0.1) is 0 Å². The number of nitrogens with two attached hydrogens (primary N) is 1. The van der Waals surface area contributed by atoms with Crippen LogP contribution in [0.5, 0.6) is 0 Å². The Balaban J connectivity index is 1.96. The van der Waals surface area contributed by atoms with Gasteiger partial charge in [-0.2, -0.15) is 0 Å². The van der Waals surface area contributed by atoms with Crippen LogP contribution < -0.4 is 11.1 Å². The molecule has 0 aliphatic heterocycles. The van der Waals surface area contributed by atoms with Crippen LogP contribution in [-0.4, -0.2) is 26.3 Å². The number of hydrogen-bond acceptors (Lipinski definition) is 3. The standard InChI is InChI=1S/C20H23FN2O2/c1-25-20(24)23-12-16(11-22)19-10-15-9-17(21)7-6-13(15)8-14-4-2-3-5-18(14)19/h2-7,9,16,19H,8,10-12,22H2,1H3,(H,23,24). The van der Waals surface area contributed by atoms with Gasteiger partial charge in [0.25, 0.3) is 0 Å². The second-order valence-electron chi connectivity index (χ2n) is 6.47. The molecule has 25 heavy (non-hydrogen) atoms. The van der Waals surface area contributed by atoms with Crippen molar-refractivity contribution in [2.45, 2.75) is 18.8 Å². The van der Waals surface area contributed by atoms with Crippen LogP contribution in [-0.2, 0) is 17.6 Å². The van der Waals surface area contributed by atoms with Crippen molar-refractivity contribution < 1.29 is 13.9 Å². The molecule has 0 saturated carbocycles. The molecule has 3 rings (SSSR count). The molecule has 0 aromatic heterocycles. The summed E-state index contributed by atoms with van der Waals surface area (Å²) in [6.07, 6.45) is 1.02. The average molecular weight is 342 g/mol. The summed E-state index contributed by atoms with van der Waals surface area (Å²) in [5.74, 6) is -0.0729. The summed E-state index contributed by atoms with van der Waals surface area (Å²) < 4.78 is 18.4. The van der Waals surface area contributed by atoms with Gasteiger partial charge in [0.15, 0.2) is 0 Å². The predicted molar refractivity (Wildman–Crippen MR) is 95.0 cm³/mol. The lowest BCUT2D eigenvalue weighted by molar-refractivity contribution is 0.168. The molecule has 132 valence electrons. The van der Waals surface area contributed by atoms with E-state index in [1.807, 2.05) is 18.2 Å². The summed E-state index contributed by atoms with van der Waals surface area (Å²) >= 11 is 0. The van der Waals surface area contributed by atoms with Crippen molar-refractivity contribution in [1.82, 2.24) is 5.32 Å². The van der Waals surface area contributed by atoms with Crippen LogP contribution >= 0.6 is 0 Å².